The second-order valence-electron chi connectivity index (χ2n) is 7.98. The maximum atomic E-state index is 12.6. The van der Waals surface area contributed by atoms with Crippen molar-refractivity contribution in [3.8, 4) is 0 Å². The van der Waals surface area contributed by atoms with Gasteiger partial charge in [-0.25, -0.2) is 9.59 Å². The summed E-state index contributed by atoms with van der Waals surface area (Å²) >= 11 is -0.750. The van der Waals surface area contributed by atoms with E-state index >= 15 is 0 Å². The summed E-state index contributed by atoms with van der Waals surface area (Å²) in [5.74, 6) is 0.414. The number of ether oxygens (including phenoxy) is 2. The Morgan fingerprint density at radius 2 is 1.79 bits per heavy atom. The molecule has 2 rings (SSSR count). The monoisotopic (exact) mass is 426 g/mol. The van der Waals surface area contributed by atoms with Crippen LogP contribution >= 0.6 is 0 Å². The van der Waals surface area contributed by atoms with Gasteiger partial charge in [0.1, 0.15) is 12.2 Å². The van der Waals surface area contributed by atoms with E-state index in [1.165, 1.54) is 0 Å². The Morgan fingerprint density at radius 1 is 1.17 bits per heavy atom. The third-order valence-corrected chi connectivity index (χ3v) is 4.26. The average Bonchev–Trinajstić information content (AvgIpc) is 2.65. The average molecular weight is 427 g/mol. The molecule has 0 saturated carbocycles. The lowest BCUT2D eigenvalue weighted by Gasteiger charge is -2.38. The van der Waals surface area contributed by atoms with Crippen molar-refractivity contribution in [2.75, 3.05) is 13.1 Å². The molecule has 9 heteroatoms. The molecule has 1 fully saturated rings. The fourth-order valence-electron chi connectivity index (χ4n) is 2.96. The Labute approximate surface area is 175 Å². The van der Waals surface area contributed by atoms with E-state index in [1.807, 2.05) is 51.1 Å². The Balaban J connectivity index is 0.00000132. The van der Waals surface area contributed by atoms with Crippen LogP contribution in [0.4, 0.5) is 9.59 Å². The minimum atomic E-state index is -0.750. The molecule has 0 bridgehead atoms. The van der Waals surface area contributed by atoms with Crippen LogP contribution in [-0.4, -0.2) is 50.2 Å². The maximum absolute atomic E-state index is 12.6. The summed E-state index contributed by atoms with van der Waals surface area (Å²) in [7, 11) is 0. The van der Waals surface area contributed by atoms with E-state index in [-0.39, 0.29) is 18.7 Å². The first-order chi connectivity index (χ1) is 13.7. The number of nitrogens with one attached hydrogen (secondary N) is 1. The normalized spacial score (nSPS) is 18.7. The molecule has 1 N–H and O–H groups in total. The van der Waals surface area contributed by atoms with Gasteiger partial charge in [-0.05, 0) is 45.1 Å². The first-order valence-corrected chi connectivity index (χ1v) is 10.2. The van der Waals surface area contributed by atoms with Gasteiger partial charge in [-0.3, -0.25) is 0 Å². The summed E-state index contributed by atoms with van der Waals surface area (Å²) in [5.41, 5.74) is 0.411. The zero-order valence-corrected chi connectivity index (χ0v) is 18.2. The van der Waals surface area contributed by atoms with Crippen LogP contribution in [0.3, 0.4) is 0 Å². The van der Waals surface area contributed by atoms with Crippen molar-refractivity contribution in [2.24, 2.45) is 5.92 Å². The standard InChI is InChI=1S/C20H30N2O4.O2S/c1-15-10-11-17(12-21-18(23)26-20(2,3)4)22(13-15)19(24)25-14-16-8-6-5-7-9-16;1-3-2/h5-9,15,17H,10-14H2,1-4H3,(H,21,23);/t15-,17+;/m1./s1. The van der Waals surface area contributed by atoms with Gasteiger partial charge in [0.25, 0.3) is 0 Å². The van der Waals surface area contributed by atoms with Gasteiger partial charge in [-0.15, -0.1) is 0 Å². The quantitative estimate of drug-likeness (QED) is 0.793. The summed E-state index contributed by atoms with van der Waals surface area (Å²) in [6.07, 6.45) is 1.05. The van der Waals surface area contributed by atoms with Crippen molar-refractivity contribution in [3.63, 3.8) is 0 Å². The lowest BCUT2D eigenvalue weighted by atomic mass is 9.94. The van der Waals surface area contributed by atoms with Crippen molar-refractivity contribution >= 4 is 23.8 Å². The van der Waals surface area contributed by atoms with Crippen LogP contribution in [0.1, 0.15) is 46.1 Å². The zero-order valence-electron chi connectivity index (χ0n) is 17.4. The number of amides is 2. The predicted molar refractivity (Wildman–Crippen MR) is 109 cm³/mol. The van der Waals surface area contributed by atoms with Crippen molar-refractivity contribution in [2.45, 2.75) is 58.8 Å². The molecule has 1 aromatic carbocycles. The summed E-state index contributed by atoms with van der Waals surface area (Å²) < 4.78 is 27.3. The van der Waals surface area contributed by atoms with Gasteiger partial charge >= 0.3 is 23.8 Å². The fourth-order valence-corrected chi connectivity index (χ4v) is 2.96. The van der Waals surface area contributed by atoms with Crippen LogP contribution in [0.5, 0.6) is 0 Å². The van der Waals surface area contributed by atoms with Crippen LogP contribution in [0, 0.1) is 5.92 Å². The van der Waals surface area contributed by atoms with Gasteiger partial charge in [0.15, 0.2) is 0 Å². The van der Waals surface area contributed by atoms with Gasteiger partial charge in [0, 0.05) is 13.1 Å². The number of carbonyl (C=O) groups excluding carboxylic acids is 2. The second kappa shape index (κ2) is 12.2. The van der Waals surface area contributed by atoms with E-state index in [0.29, 0.717) is 19.0 Å². The van der Waals surface area contributed by atoms with Crippen LogP contribution < -0.4 is 5.32 Å². The molecule has 1 heterocycles. The molecule has 1 saturated heterocycles. The van der Waals surface area contributed by atoms with E-state index in [0.717, 1.165) is 18.4 Å². The maximum Gasteiger partial charge on any atom is 0.410 e. The molecule has 1 aromatic rings. The molecule has 0 spiro atoms. The first kappa shape index (κ1) is 24.6. The highest BCUT2D eigenvalue weighted by Gasteiger charge is 2.31. The molecule has 2 atom stereocenters. The number of rotatable bonds is 4. The number of likely N-dealkylation sites (tertiary alicyclic amines) is 1. The molecular weight excluding hydrogens is 396 g/mol. The molecule has 1 aliphatic heterocycles. The van der Waals surface area contributed by atoms with Crippen molar-refractivity contribution in [1.82, 2.24) is 10.2 Å². The molecule has 2 amide bonds. The number of carbonyl (C=O) groups is 2. The summed E-state index contributed by atoms with van der Waals surface area (Å²) in [6.45, 7) is 8.83. The largest absolute Gasteiger partial charge is 0.445 e. The van der Waals surface area contributed by atoms with Crippen LogP contribution in [0.15, 0.2) is 30.3 Å². The lowest BCUT2D eigenvalue weighted by Crippen LogP contribution is -2.51. The minimum absolute atomic E-state index is 0.0815. The highest BCUT2D eigenvalue weighted by atomic mass is 32.1. The molecule has 29 heavy (non-hydrogen) atoms. The summed E-state index contributed by atoms with van der Waals surface area (Å²) in [6, 6.07) is 9.53. The topological polar surface area (TPSA) is 102 Å². The molecule has 0 unspecified atom stereocenters. The molecule has 0 aromatic heterocycles. The van der Waals surface area contributed by atoms with Crippen LogP contribution in [0.25, 0.3) is 0 Å². The number of benzene rings is 1. The molecular formula is C20H30N2O6S. The minimum Gasteiger partial charge on any atom is -0.445 e. The Kier molecular flexibility index (Phi) is 10.4. The summed E-state index contributed by atoms with van der Waals surface area (Å²) in [5, 5.41) is 2.77. The van der Waals surface area contributed by atoms with E-state index in [4.69, 9.17) is 17.9 Å². The number of hydrogen-bond acceptors (Lipinski definition) is 6. The number of alkyl carbamates (subject to hydrolysis) is 1. The van der Waals surface area contributed by atoms with Gasteiger partial charge in [0.05, 0.1) is 6.04 Å². The molecule has 0 radical (unpaired) electrons. The van der Waals surface area contributed by atoms with E-state index in [2.05, 4.69) is 12.2 Å². The zero-order chi connectivity index (χ0) is 21.9. The fraction of sp³-hybridized carbons (Fsp3) is 0.600. The van der Waals surface area contributed by atoms with Crippen molar-refractivity contribution < 1.29 is 27.5 Å². The van der Waals surface area contributed by atoms with Crippen molar-refractivity contribution in [1.29, 1.82) is 0 Å². The Morgan fingerprint density at radius 3 is 2.38 bits per heavy atom. The Bertz CT molecular complexity index is 686. The number of hydrogen-bond donors (Lipinski definition) is 1. The highest BCUT2D eigenvalue weighted by molar-refractivity contribution is 7.51. The third-order valence-electron chi connectivity index (χ3n) is 4.26. The smallest absolute Gasteiger partial charge is 0.410 e. The van der Waals surface area contributed by atoms with Crippen molar-refractivity contribution in [3.05, 3.63) is 35.9 Å². The molecule has 8 nitrogen and oxygen atoms in total. The third kappa shape index (κ3) is 10.1. The SMILES string of the molecule is C[C@@H]1CC[C@@H](CNC(=O)OC(C)(C)C)N(C(=O)OCc2ccccc2)C1.O=S=O. The van der Waals surface area contributed by atoms with E-state index < -0.39 is 23.3 Å². The predicted octanol–water partition coefficient (Wildman–Crippen LogP) is 3.28. The number of piperidine rings is 1. The first-order valence-electron chi connectivity index (χ1n) is 9.52. The van der Waals surface area contributed by atoms with Gasteiger partial charge in [0.2, 0.25) is 0 Å². The van der Waals surface area contributed by atoms with Crippen LogP contribution in [-0.2, 0) is 27.7 Å². The van der Waals surface area contributed by atoms with Crippen LogP contribution in [0.2, 0.25) is 0 Å². The summed E-state index contributed by atoms with van der Waals surface area (Å²) in [4.78, 5) is 26.2. The van der Waals surface area contributed by atoms with Gasteiger partial charge in [-0.1, -0.05) is 37.3 Å². The highest BCUT2D eigenvalue weighted by Crippen LogP contribution is 2.22. The van der Waals surface area contributed by atoms with E-state index in [1.54, 1.807) is 4.90 Å². The van der Waals surface area contributed by atoms with E-state index in [9.17, 15) is 9.59 Å². The van der Waals surface area contributed by atoms with Gasteiger partial charge in [-0.2, -0.15) is 8.42 Å². The molecule has 1 aliphatic rings. The molecule has 0 aliphatic carbocycles. The second-order valence-corrected chi connectivity index (χ2v) is 8.12. The van der Waals surface area contributed by atoms with Gasteiger partial charge < -0.3 is 19.7 Å². The number of nitrogens with zero attached hydrogens (tertiary/aromatic N) is 1. The molecule has 162 valence electrons. The Hall–Kier alpha value is -2.42. The lowest BCUT2D eigenvalue weighted by molar-refractivity contribution is 0.0421.